The van der Waals surface area contributed by atoms with Crippen molar-refractivity contribution in [3.8, 4) is 17.2 Å². The maximum Gasteiger partial charge on any atom is 0.244 e. The van der Waals surface area contributed by atoms with E-state index in [9.17, 15) is 18.0 Å². The number of nitrogens with one attached hydrogen (secondary N) is 1. The predicted molar refractivity (Wildman–Crippen MR) is 140 cm³/mol. The van der Waals surface area contributed by atoms with E-state index >= 15 is 0 Å². The van der Waals surface area contributed by atoms with Crippen LogP contribution in [0.25, 0.3) is 0 Å². The van der Waals surface area contributed by atoms with Crippen LogP contribution in [0.1, 0.15) is 33.3 Å². The molecule has 2 amide bonds. The zero-order valence-corrected chi connectivity index (χ0v) is 22.7. The lowest BCUT2D eigenvalue weighted by Crippen LogP contribution is -2.51. The van der Waals surface area contributed by atoms with Gasteiger partial charge in [0.25, 0.3) is 0 Å². The fourth-order valence-electron chi connectivity index (χ4n) is 3.76. The summed E-state index contributed by atoms with van der Waals surface area (Å²) < 4.78 is 43.2. The molecule has 1 heterocycles. The predicted octanol–water partition coefficient (Wildman–Crippen LogP) is 2.77. The molecule has 0 saturated carbocycles. The molecular weight excluding hydrogens is 498 g/mol. The molecule has 10 nitrogen and oxygen atoms in total. The Morgan fingerprint density at radius 1 is 1.08 bits per heavy atom. The van der Waals surface area contributed by atoms with Gasteiger partial charge in [-0.25, -0.2) is 8.42 Å². The Labute approximate surface area is 218 Å². The van der Waals surface area contributed by atoms with Crippen LogP contribution in [0, 0.1) is 5.92 Å². The highest BCUT2D eigenvalue weighted by molar-refractivity contribution is 7.92. The van der Waals surface area contributed by atoms with Crippen LogP contribution in [0.2, 0.25) is 0 Å². The highest BCUT2D eigenvalue weighted by Crippen LogP contribution is 2.36. The van der Waals surface area contributed by atoms with E-state index in [-0.39, 0.29) is 36.6 Å². The molecule has 3 rings (SSSR count). The van der Waals surface area contributed by atoms with Crippen molar-refractivity contribution in [2.45, 2.75) is 40.3 Å². The van der Waals surface area contributed by atoms with E-state index in [0.29, 0.717) is 23.8 Å². The minimum Gasteiger partial charge on any atom is -0.497 e. The Hall–Kier alpha value is -3.47. The van der Waals surface area contributed by atoms with Gasteiger partial charge in [-0.3, -0.25) is 13.9 Å². The summed E-state index contributed by atoms with van der Waals surface area (Å²) in [6.45, 7) is 7.19. The number of methoxy groups -OCH3 is 1. The molecule has 0 bridgehead atoms. The number of rotatable bonds is 12. The number of hydrogen-bond acceptors (Lipinski definition) is 7. The molecule has 0 radical (unpaired) electrons. The minimum absolute atomic E-state index is 0.0373. The second-order valence-electron chi connectivity index (χ2n) is 9.13. The number of fused-ring (bicyclic) bond motifs is 1. The van der Waals surface area contributed by atoms with Crippen molar-refractivity contribution in [3.63, 3.8) is 0 Å². The Bertz CT molecular complexity index is 1220. The van der Waals surface area contributed by atoms with Gasteiger partial charge < -0.3 is 24.4 Å². The van der Waals surface area contributed by atoms with Crippen molar-refractivity contribution in [1.82, 2.24) is 10.2 Å². The lowest BCUT2D eigenvalue weighted by Gasteiger charge is -2.32. The second-order valence-corrected chi connectivity index (χ2v) is 11.3. The van der Waals surface area contributed by atoms with Crippen LogP contribution in [-0.2, 0) is 26.2 Å². The number of nitrogens with zero attached hydrogens (tertiary/aromatic N) is 2. The number of benzene rings is 2. The maximum absolute atomic E-state index is 13.7. The first kappa shape index (κ1) is 28.1. The number of carbonyl (C=O) groups excluding carboxylic acids is 2. The topological polar surface area (TPSA) is 114 Å². The highest BCUT2D eigenvalue weighted by atomic mass is 32.2. The summed E-state index contributed by atoms with van der Waals surface area (Å²) in [5, 5.41) is 2.86. The van der Waals surface area contributed by atoms with Gasteiger partial charge in [0.15, 0.2) is 11.5 Å². The van der Waals surface area contributed by atoms with Gasteiger partial charge in [-0.15, -0.1) is 0 Å². The summed E-state index contributed by atoms with van der Waals surface area (Å²) in [7, 11) is -2.30. The van der Waals surface area contributed by atoms with Gasteiger partial charge in [-0.1, -0.05) is 26.0 Å². The van der Waals surface area contributed by atoms with E-state index in [0.717, 1.165) is 9.87 Å². The molecule has 2 aromatic rings. The van der Waals surface area contributed by atoms with Gasteiger partial charge in [0.1, 0.15) is 18.3 Å². The maximum atomic E-state index is 13.7. The average molecular weight is 534 g/mol. The number of ether oxygens (including phenoxy) is 3. The number of carbonyl (C=O) groups is 2. The first-order valence-electron chi connectivity index (χ1n) is 12.2. The number of hydrogen-bond donors (Lipinski definition) is 1. The fraction of sp³-hybridized carbons (Fsp3) is 0.462. The zero-order valence-electron chi connectivity index (χ0n) is 21.9. The smallest absolute Gasteiger partial charge is 0.244 e. The number of anilines is 1. The first-order chi connectivity index (χ1) is 17.6. The quantitative estimate of drug-likeness (QED) is 0.446. The van der Waals surface area contributed by atoms with Crippen LogP contribution >= 0.6 is 0 Å². The van der Waals surface area contributed by atoms with Crippen molar-refractivity contribution in [2.24, 2.45) is 5.92 Å². The molecule has 1 atom stereocenters. The van der Waals surface area contributed by atoms with Crippen LogP contribution in [0.3, 0.4) is 0 Å². The van der Waals surface area contributed by atoms with E-state index < -0.39 is 28.5 Å². The number of amides is 2. The molecule has 0 aromatic heterocycles. The van der Waals surface area contributed by atoms with Crippen LogP contribution in [0.15, 0.2) is 42.5 Å². The third-order valence-electron chi connectivity index (χ3n) is 5.96. The van der Waals surface area contributed by atoms with E-state index in [2.05, 4.69) is 5.32 Å². The molecule has 11 heteroatoms. The molecule has 2 aromatic carbocycles. The zero-order chi connectivity index (χ0) is 27.2. The van der Waals surface area contributed by atoms with Crippen molar-refractivity contribution in [3.05, 3.63) is 48.0 Å². The molecule has 202 valence electrons. The summed E-state index contributed by atoms with van der Waals surface area (Å²) in [5.74, 6) is 0.680. The van der Waals surface area contributed by atoms with E-state index in [1.807, 2.05) is 19.9 Å². The second kappa shape index (κ2) is 12.2. The standard InChI is InChI=1S/C26H35N3O7S/c1-6-37(32,33)29(21-10-11-23-24(13-21)36-17-35-23)16-25(30)28(19(4)26(31)27-14-18(2)3)15-20-8-7-9-22(12-20)34-5/h7-13,18-19H,6,14-17H2,1-5H3,(H,27,31). The Kier molecular flexibility index (Phi) is 9.25. The van der Waals surface area contributed by atoms with Crippen LogP contribution in [0.5, 0.6) is 17.2 Å². The lowest BCUT2D eigenvalue weighted by atomic mass is 10.1. The molecule has 1 N–H and O–H groups in total. The molecular formula is C26H35N3O7S. The summed E-state index contributed by atoms with van der Waals surface area (Å²) in [6, 6.07) is 11.0. The monoisotopic (exact) mass is 533 g/mol. The molecule has 0 fully saturated rings. The van der Waals surface area contributed by atoms with E-state index in [4.69, 9.17) is 14.2 Å². The summed E-state index contributed by atoms with van der Waals surface area (Å²) >= 11 is 0. The highest BCUT2D eigenvalue weighted by Gasteiger charge is 2.31. The molecule has 1 aliphatic heterocycles. The summed E-state index contributed by atoms with van der Waals surface area (Å²) in [6.07, 6.45) is 0. The van der Waals surface area contributed by atoms with Gasteiger partial charge in [-0.2, -0.15) is 0 Å². The SMILES string of the molecule is CCS(=O)(=O)N(CC(=O)N(Cc1cccc(OC)c1)C(C)C(=O)NCC(C)C)c1ccc2c(c1)OCO2. The van der Waals surface area contributed by atoms with Gasteiger partial charge >= 0.3 is 0 Å². The average Bonchev–Trinajstić information content (AvgIpc) is 3.36. The Morgan fingerprint density at radius 2 is 1.81 bits per heavy atom. The minimum atomic E-state index is -3.84. The third kappa shape index (κ3) is 7.06. The van der Waals surface area contributed by atoms with Crippen molar-refractivity contribution < 1.29 is 32.2 Å². The largest absolute Gasteiger partial charge is 0.497 e. The first-order valence-corrected chi connectivity index (χ1v) is 13.8. The molecule has 0 aliphatic carbocycles. The molecule has 1 unspecified atom stereocenters. The van der Waals surface area contributed by atoms with Crippen LogP contribution in [-0.4, -0.2) is 63.9 Å². The summed E-state index contributed by atoms with van der Waals surface area (Å²) in [4.78, 5) is 28.1. The number of sulfonamides is 1. The van der Waals surface area contributed by atoms with Crippen molar-refractivity contribution in [2.75, 3.05) is 37.1 Å². The third-order valence-corrected chi connectivity index (χ3v) is 7.70. The Balaban J connectivity index is 1.93. The van der Waals surface area contributed by atoms with Gasteiger partial charge in [-0.05, 0) is 49.6 Å². The normalized spacial score (nSPS) is 13.2. The Morgan fingerprint density at radius 3 is 2.49 bits per heavy atom. The molecule has 37 heavy (non-hydrogen) atoms. The molecule has 0 spiro atoms. The van der Waals surface area contributed by atoms with Crippen LogP contribution in [0.4, 0.5) is 5.69 Å². The summed E-state index contributed by atoms with van der Waals surface area (Å²) in [5.41, 5.74) is 1.02. The fourth-order valence-corrected chi connectivity index (χ4v) is 4.82. The lowest BCUT2D eigenvalue weighted by molar-refractivity contribution is -0.139. The molecule has 1 aliphatic rings. The van der Waals surface area contributed by atoms with Crippen molar-refractivity contribution >= 4 is 27.5 Å². The van der Waals surface area contributed by atoms with Crippen molar-refractivity contribution in [1.29, 1.82) is 0 Å². The van der Waals surface area contributed by atoms with Gasteiger partial charge in [0, 0.05) is 19.2 Å². The van der Waals surface area contributed by atoms with Gasteiger partial charge in [0.2, 0.25) is 28.6 Å². The van der Waals surface area contributed by atoms with Crippen LogP contribution < -0.4 is 23.8 Å². The van der Waals surface area contributed by atoms with Gasteiger partial charge in [0.05, 0.1) is 18.6 Å². The molecule has 0 saturated heterocycles. The van der Waals surface area contributed by atoms with E-state index in [1.54, 1.807) is 44.4 Å². The van der Waals surface area contributed by atoms with E-state index in [1.165, 1.54) is 17.9 Å².